The second kappa shape index (κ2) is 11.8. The first-order valence-corrected chi connectivity index (χ1v) is 21.2. The van der Waals surface area contributed by atoms with E-state index in [1.165, 1.54) is 127 Å². The Labute approximate surface area is 321 Å². The van der Waals surface area contributed by atoms with Gasteiger partial charge >= 0.3 is 0 Å². The van der Waals surface area contributed by atoms with Crippen molar-refractivity contribution >= 4 is 17.1 Å². The fourth-order valence-corrected chi connectivity index (χ4v) is 13.6. The molecule has 2 unspecified atom stereocenters. The van der Waals surface area contributed by atoms with Gasteiger partial charge in [-0.3, -0.25) is 0 Å². The third-order valence-electron chi connectivity index (χ3n) is 15.6. The molecule has 0 aromatic heterocycles. The van der Waals surface area contributed by atoms with Crippen molar-refractivity contribution < 1.29 is 0 Å². The molecule has 12 rings (SSSR count). The quantitative estimate of drug-likeness (QED) is 0.177. The Balaban J connectivity index is 1.08. The summed E-state index contributed by atoms with van der Waals surface area (Å²) in [4.78, 5) is 2.61. The summed E-state index contributed by atoms with van der Waals surface area (Å²) in [6, 6.07) is 54.2. The van der Waals surface area contributed by atoms with E-state index < -0.39 is 0 Å². The van der Waals surface area contributed by atoms with Crippen LogP contribution in [0.5, 0.6) is 0 Å². The third kappa shape index (κ3) is 4.27. The van der Waals surface area contributed by atoms with Crippen LogP contribution in [0.1, 0.15) is 92.9 Å². The lowest BCUT2D eigenvalue weighted by Gasteiger charge is -2.51. The molecule has 6 aromatic rings. The van der Waals surface area contributed by atoms with Gasteiger partial charge in [0.25, 0.3) is 0 Å². The van der Waals surface area contributed by atoms with E-state index in [-0.39, 0.29) is 10.8 Å². The van der Waals surface area contributed by atoms with Crippen LogP contribution in [0.25, 0.3) is 33.4 Å². The summed E-state index contributed by atoms with van der Waals surface area (Å²) in [5, 5.41) is 0. The Morgan fingerprint density at radius 3 is 1.80 bits per heavy atom. The van der Waals surface area contributed by atoms with E-state index >= 15 is 0 Å². The number of benzene rings is 6. The summed E-state index contributed by atoms with van der Waals surface area (Å²) in [6.07, 6.45) is 15.0. The van der Waals surface area contributed by atoms with Crippen molar-refractivity contribution in [3.8, 4) is 33.4 Å². The van der Waals surface area contributed by atoms with E-state index in [2.05, 4.69) is 144 Å². The number of anilines is 3. The summed E-state index contributed by atoms with van der Waals surface area (Å²) >= 11 is 0. The predicted molar refractivity (Wildman–Crippen MR) is 224 cm³/mol. The van der Waals surface area contributed by atoms with E-state index in [0.29, 0.717) is 0 Å². The van der Waals surface area contributed by atoms with E-state index in [4.69, 9.17) is 0 Å². The van der Waals surface area contributed by atoms with E-state index in [1.54, 1.807) is 16.7 Å². The molecule has 0 aliphatic heterocycles. The van der Waals surface area contributed by atoms with Crippen LogP contribution < -0.4 is 4.90 Å². The van der Waals surface area contributed by atoms with E-state index in [1.807, 2.05) is 0 Å². The number of hydrogen-bond acceptors (Lipinski definition) is 1. The summed E-state index contributed by atoms with van der Waals surface area (Å²) in [5.74, 6) is 3.38. The standard InChI is InChI=1S/C53H49N/c1-2-12-37(13-3-1)42-14-6-9-19-51(42)54(41-24-26-45-43-15-4-7-17-47(43)52(50(45)34-41)28-10-11-29-52)40-25-27-49-46(33-40)44-16-5-8-18-48(44)53(49)38-22-20-35-21-23-39(53)32-36(30-35)31-38/h1-9,12-19,24-27,33-36,38-39H,10-11,20-23,28-32H2. The lowest BCUT2D eigenvalue weighted by Crippen LogP contribution is -2.46. The fraction of sp³-hybridized carbons (Fsp3) is 0.321. The van der Waals surface area contributed by atoms with Crippen molar-refractivity contribution in [1.29, 1.82) is 0 Å². The minimum absolute atomic E-state index is 0.117. The maximum atomic E-state index is 2.61. The van der Waals surface area contributed by atoms with Crippen molar-refractivity contribution in [3.05, 3.63) is 162 Å². The zero-order valence-electron chi connectivity index (χ0n) is 31.3. The number of hydrogen-bond donors (Lipinski definition) is 0. The maximum Gasteiger partial charge on any atom is 0.0540 e. The molecule has 4 fully saturated rings. The molecule has 2 spiro atoms. The Hall–Kier alpha value is -4.88. The Morgan fingerprint density at radius 2 is 1.02 bits per heavy atom. The van der Waals surface area contributed by atoms with Crippen molar-refractivity contribution in [2.45, 2.75) is 81.5 Å². The molecule has 0 N–H and O–H groups in total. The summed E-state index contributed by atoms with van der Waals surface area (Å²) < 4.78 is 0. The molecule has 4 saturated carbocycles. The topological polar surface area (TPSA) is 3.24 Å². The first-order chi connectivity index (χ1) is 26.7. The Morgan fingerprint density at radius 1 is 0.426 bits per heavy atom. The number of rotatable bonds is 4. The first kappa shape index (κ1) is 31.5. The van der Waals surface area contributed by atoms with Crippen LogP contribution in [-0.2, 0) is 10.8 Å². The highest BCUT2D eigenvalue weighted by Gasteiger charge is 2.58. The number of para-hydroxylation sites is 1. The van der Waals surface area contributed by atoms with Crippen molar-refractivity contribution in [3.63, 3.8) is 0 Å². The normalized spacial score (nSPS) is 26.3. The highest BCUT2D eigenvalue weighted by molar-refractivity contribution is 5.93. The van der Waals surface area contributed by atoms with Gasteiger partial charge in [-0.05, 0) is 149 Å². The minimum Gasteiger partial charge on any atom is -0.310 e. The Kier molecular flexibility index (Phi) is 6.88. The summed E-state index contributed by atoms with van der Waals surface area (Å²) in [5.41, 5.74) is 18.8. The van der Waals surface area contributed by atoms with Gasteiger partial charge in [-0.25, -0.2) is 0 Å². The van der Waals surface area contributed by atoms with Gasteiger partial charge in [0.15, 0.2) is 0 Å². The molecule has 54 heavy (non-hydrogen) atoms. The van der Waals surface area contributed by atoms with E-state index in [9.17, 15) is 0 Å². The van der Waals surface area contributed by atoms with E-state index in [0.717, 1.165) is 23.7 Å². The minimum atomic E-state index is 0.117. The molecule has 0 saturated heterocycles. The molecule has 0 heterocycles. The Bertz CT molecular complexity index is 2410. The summed E-state index contributed by atoms with van der Waals surface area (Å²) in [7, 11) is 0. The van der Waals surface area contributed by atoms with Crippen LogP contribution in [0.15, 0.2) is 140 Å². The molecule has 266 valence electrons. The predicted octanol–water partition coefficient (Wildman–Crippen LogP) is 14.2. The monoisotopic (exact) mass is 699 g/mol. The van der Waals surface area contributed by atoms with Gasteiger partial charge in [0, 0.05) is 27.8 Å². The molecule has 0 amide bonds. The second-order valence-electron chi connectivity index (χ2n) is 17.9. The average Bonchev–Trinajstić information content (AvgIpc) is 3.82. The van der Waals surface area contributed by atoms with Gasteiger partial charge in [0.1, 0.15) is 0 Å². The lowest BCUT2D eigenvalue weighted by molar-refractivity contribution is 0.0973. The molecule has 4 bridgehead atoms. The average molecular weight is 700 g/mol. The van der Waals surface area contributed by atoms with Gasteiger partial charge in [-0.2, -0.15) is 0 Å². The molecular weight excluding hydrogens is 651 g/mol. The van der Waals surface area contributed by atoms with Crippen LogP contribution in [0.3, 0.4) is 0 Å². The highest BCUT2D eigenvalue weighted by Crippen LogP contribution is 2.67. The number of fused-ring (bicyclic) bond motifs is 15. The molecule has 1 heteroatoms. The fourth-order valence-electron chi connectivity index (χ4n) is 13.6. The SMILES string of the molecule is c1ccc(-c2ccccc2N(c2ccc3c(c2)-c2ccccc2C32C3CCC4CCC2CC(C4)C3)c2ccc3c(c2)C2(CCCC2)c2ccccc2-3)cc1. The van der Waals surface area contributed by atoms with Gasteiger partial charge < -0.3 is 4.90 Å². The smallest absolute Gasteiger partial charge is 0.0540 e. The number of nitrogens with zero attached hydrogens (tertiary/aromatic N) is 1. The summed E-state index contributed by atoms with van der Waals surface area (Å²) in [6.45, 7) is 0. The van der Waals surface area contributed by atoms with Crippen molar-refractivity contribution in [2.24, 2.45) is 23.7 Å². The van der Waals surface area contributed by atoms with Crippen LogP contribution in [0, 0.1) is 23.7 Å². The van der Waals surface area contributed by atoms with Gasteiger partial charge in [-0.1, -0.05) is 135 Å². The first-order valence-electron chi connectivity index (χ1n) is 21.2. The highest BCUT2D eigenvalue weighted by atomic mass is 15.1. The molecule has 1 nitrogen and oxygen atoms in total. The van der Waals surface area contributed by atoms with Crippen LogP contribution >= 0.6 is 0 Å². The third-order valence-corrected chi connectivity index (χ3v) is 15.6. The zero-order valence-corrected chi connectivity index (χ0v) is 31.3. The largest absolute Gasteiger partial charge is 0.310 e. The van der Waals surface area contributed by atoms with Crippen molar-refractivity contribution in [2.75, 3.05) is 4.90 Å². The maximum absolute atomic E-state index is 2.61. The molecule has 0 radical (unpaired) electrons. The molecular formula is C53H49N. The zero-order chi connectivity index (χ0) is 35.4. The van der Waals surface area contributed by atoms with Crippen LogP contribution in [-0.4, -0.2) is 0 Å². The molecule has 6 aliphatic carbocycles. The molecule has 6 aliphatic rings. The van der Waals surface area contributed by atoms with Gasteiger partial charge in [0.2, 0.25) is 0 Å². The van der Waals surface area contributed by atoms with Crippen molar-refractivity contribution in [1.82, 2.24) is 0 Å². The second-order valence-corrected chi connectivity index (χ2v) is 17.9. The lowest BCUT2D eigenvalue weighted by atomic mass is 9.52. The molecule has 2 atom stereocenters. The van der Waals surface area contributed by atoms with Gasteiger partial charge in [0.05, 0.1) is 5.69 Å². The van der Waals surface area contributed by atoms with Gasteiger partial charge in [-0.15, -0.1) is 0 Å². The molecule has 6 aromatic carbocycles. The van der Waals surface area contributed by atoms with Crippen LogP contribution in [0.4, 0.5) is 17.1 Å². The van der Waals surface area contributed by atoms with Crippen LogP contribution in [0.2, 0.25) is 0 Å².